The second kappa shape index (κ2) is 3.33. The molecule has 1 heterocycles. The van der Waals surface area contributed by atoms with Gasteiger partial charge in [-0.05, 0) is 33.2 Å². The van der Waals surface area contributed by atoms with Crippen LogP contribution in [0.25, 0.3) is 29.9 Å². The van der Waals surface area contributed by atoms with E-state index in [0.717, 1.165) is 5.76 Å². The number of rotatable bonds is 0. The molecule has 3 aliphatic carbocycles. The van der Waals surface area contributed by atoms with Crippen LogP contribution >= 0.6 is 0 Å². The van der Waals surface area contributed by atoms with Gasteiger partial charge >= 0.3 is 0 Å². The summed E-state index contributed by atoms with van der Waals surface area (Å²) >= 11 is 0. The summed E-state index contributed by atoms with van der Waals surface area (Å²) in [6, 6.07) is 13.0. The molecule has 0 bridgehead atoms. The van der Waals surface area contributed by atoms with Crippen molar-refractivity contribution in [1.82, 2.24) is 0 Å². The molecule has 1 saturated heterocycles. The van der Waals surface area contributed by atoms with Crippen molar-refractivity contribution in [3.05, 3.63) is 87.0 Å². The van der Waals surface area contributed by atoms with E-state index in [0.29, 0.717) is 0 Å². The highest BCUT2D eigenvalue weighted by Crippen LogP contribution is 2.60. The number of hydrogen-bond acceptors (Lipinski definition) is 1. The van der Waals surface area contributed by atoms with E-state index < -0.39 is 0 Å². The average Bonchev–Trinajstić information content (AvgIpc) is 3.07. The lowest BCUT2D eigenvalue weighted by atomic mass is 9.78. The molecule has 22 heavy (non-hydrogen) atoms. The molecule has 0 radical (unpaired) electrons. The zero-order valence-corrected chi connectivity index (χ0v) is 11.8. The third-order valence-electron chi connectivity index (χ3n) is 5.14. The van der Waals surface area contributed by atoms with E-state index in [9.17, 15) is 0 Å². The van der Waals surface area contributed by atoms with Crippen LogP contribution in [-0.2, 0) is 10.3 Å². The maximum absolute atomic E-state index is 6.18. The molecule has 1 nitrogen and oxygen atoms in total. The van der Waals surface area contributed by atoms with Gasteiger partial charge in [0.05, 0.1) is 0 Å². The zero-order chi connectivity index (χ0) is 14.3. The lowest BCUT2D eigenvalue weighted by molar-refractivity contribution is 0.378. The Hall–Kier alpha value is -2.80. The first-order chi connectivity index (χ1) is 10.9. The molecule has 1 fully saturated rings. The van der Waals surface area contributed by atoms with Gasteiger partial charge in [0.2, 0.25) is 5.60 Å². The molecule has 1 unspecified atom stereocenters. The summed E-state index contributed by atoms with van der Waals surface area (Å²) in [5.74, 6) is 1.08. The first-order valence-electron chi connectivity index (χ1n) is 7.63. The normalized spacial score (nSPS) is 24.2. The molecule has 102 valence electrons. The lowest BCUT2D eigenvalue weighted by Crippen LogP contribution is -2.27. The summed E-state index contributed by atoms with van der Waals surface area (Å²) in [6.07, 6.45) is 13.2. The number of allylic oxidation sites excluding steroid dienone is 1. The number of epoxide rings is 1. The van der Waals surface area contributed by atoms with Crippen molar-refractivity contribution < 1.29 is 4.74 Å². The minimum atomic E-state index is -0.321. The SMILES string of the molecule is C1=Cc2c3c(ccc2=C1)=C1C=Cc2ccccc2C12OC2=C3. The summed E-state index contributed by atoms with van der Waals surface area (Å²) in [7, 11) is 0. The largest absolute Gasteiger partial charge is 0.469 e. The highest BCUT2D eigenvalue weighted by Gasteiger charge is 2.60. The van der Waals surface area contributed by atoms with Crippen molar-refractivity contribution in [2.75, 3.05) is 0 Å². The van der Waals surface area contributed by atoms with Crippen molar-refractivity contribution >= 4 is 29.9 Å². The Morgan fingerprint density at radius 2 is 1.82 bits per heavy atom. The zero-order valence-electron chi connectivity index (χ0n) is 11.8. The minimum Gasteiger partial charge on any atom is -0.469 e. The summed E-state index contributed by atoms with van der Waals surface area (Å²) in [4.78, 5) is 0. The quantitative estimate of drug-likeness (QED) is 0.676. The van der Waals surface area contributed by atoms with Crippen LogP contribution in [0.3, 0.4) is 0 Å². The second-order valence-corrected chi connectivity index (χ2v) is 6.18. The Morgan fingerprint density at radius 3 is 2.82 bits per heavy atom. The maximum Gasteiger partial charge on any atom is 0.216 e. The van der Waals surface area contributed by atoms with E-state index >= 15 is 0 Å². The molecule has 1 heteroatoms. The fourth-order valence-corrected chi connectivity index (χ4v) is 4.08. The van der Waals surface area contributed by atoms with Crippen LogP contribution in [0, 0.1) is 0 Å². The van der Waals surface area contributed by atoms with Crippen LogP contribution < -0.4 is 10.4 Å². The van der Waals surface area contributed by atoms with Crippen LogP contribution in [-0.4, -0.2) is 0 Å². The average molecular weight is 280 g/mol. The Labute approximate surface area is 127 Å². The van der Waals surface area contributed by atoms with Crippen LogP contribution in [0.4, 0.5) is 0 Å². The molecule has 0 amide bonds. The van der Waals surface area contributed by atoms with Gasteiger partial charge in [-0.1, -0.05) is 66.8 Å². The van der Waals surface area contributed by atoms with Crippen molar-refractivity contribution in [3.63, 3.8) is 0 Å². The minimum absolute atomic E-state index is 0.321. The van der Waals surface area contributed by atoms with E-state index in [1.807, 2.05) is 0 Å². The summed E-state index contributed by atoms with van der Waals surface area (Å²) < 4.78 is 6.18. The number of fused-ring (bicyclic) bond motifs is 4. The van der Waals surface area contributed by atoms with Crippen molar-refractivity contribution in [2.45, 2.75) is 5.60 Å². The predicted molar refractivity (Wildman–Crippen MR) is 88.8 cm³/mol. The van der Waals surface area contributed by atoms with Gasteiger partial charge in [0.15, 0.2) is 5.76 Å². The van der Waals surface area contributed by atoms with Gasteiger partial charge in [-0.25, -0.2) is 0 Å². The van der Waals surface area contributed by atoms with E-state index in [1.54, 1.807) is 0 Å². The fourth-order valence-electron chi connectivity index (χ4n) is 4.08. The smallest absolute Gasteiger partial charge is 0.216 e. The van der Waals surface area contributed by atoms with Crippen molar-refractivity contribution in [1.29, 1.82) is 0 Å². The lowest BCUT2D eigenvalue weighted by Gasteiger charge is -2.22. The summed E-state index contributed by atoms with van der Waals surface area (Å²) in [5, 5.41) is 2.59. The molecule has 6 rings (SSSR count). The highest BCUT2D eigenvalue weighted by atomic mass is 16.6. The fraction of sp³-hybridized carbons (Fsp3) is 0.0476. The van der Waals surface area contributed by atoms with E-state index in [-0.39, 0.29) is 5.60 Å². The van der Waals surface area contributed by atoms with Gasteiger partial charge in [0.25, 0.3) is 0 Å². The van der Waals surface area contributed by atoms with E-state index in [1.165, 1.54) is 38.3 Å². The monoisotopic (exact) mass is 280 g/mol. The van der Waals surface area contributed by atoms with Gasteiger partial charge < -0.3 is 4.74 Å². The molecule has 0 saturated carbocycles. The van der Waals surface area contributed by atoms with Crippen LogP contribution in [0.2, 0.25) is 0 Å². The molecule has 2 aromatic rings. The molecule has 1 aliphatic heterocycles. The van der Waals surface area contributed by atoms with Gasteiger partial charge in [0.1, 0.15) is 0 Å². The second-order valence-electron chi connectivity index (χ2n) is 6.18. The van der Waals surface area contributed by atoms with Crippen molar-refractivity contribution in [2.24, 2.45) is 0 Å². The van der Waals surface area contributed by atoms with Crippen LogP contribution in [0.1, 0.15) is 22.3 Å². The van der Waals surface area contributed by atoms with Gasteiger partial charge in [-0.15, -0.1) is 0 Å². The summed E-state index contributed by atoms with van der Waals surface area (Å²) in [6.45, 7) is 0. The van der Waals surface area contributed by atoms with E-state index in [4.69, 9.17) is 4.74 Å². The Kier molecular flexibility index (Phi) is 1.64. The molecule has 2 aromatic carbocycles. The Morgan fingerprint density at radius 1 is 0.864 bits per heavy atom. The standard InChI is InChI=1S/C21H12O/c1-2-7-18-14(4-1)9-11-19-16-10-8-13-5-3-6-15(13)17(16)12-20-21(18,19)22-20/h1-12H. The highest BCUT2D eigenvalue weighted by molar-refractivity contribution is 5.93. The predicted octanol–water partition coefficient (Wildman–Crippen LogP) is 2.95. The molecule has 1 spiro atoms. The third kappa shape index (κ3) is 1.06. The molecular formula is C21H12O. The van der Waals surface area contributed by atoms with Gasteiger partial charge in [-0.3, -0.25) is 0 Å². The first-order valence-corrected chi connectivity index (χ1v) is 7.63. The van der Waals surface area contributed by atoms with Crippen LogP contribution in [0.5, 0.6) is 0 Å². The Bertz CT molecular complexity index is 1100. The molecule has 0 aromatic heterocycles. The van der Waals surface area contributed by atoms with Crippen molar-refractivity contribution in [3.8, 4) is 0 Å². The van der Waals surface area contributed by atoms with Crippen LogP contribution in [0.15, 0.2) is 54.3 Å². The molecular weight excluding hydrogens is 268 g/mol. The van der Waals surface area contributed by atoms with Gasteiger partial charge in [-0.2, -0.15) is 0 Å². The summed E-state index contributed by atoms with van der Waals surface area (Å²) in [5.41, 5.74) is 6.10. The van der Waals surface area contributed by atoms with Gasteiger partial charge in [0, 0.05) is 11.1 Å². The molecule has 0 N–H and O–H groups in total. The van der Waals surface area contributed by atoms with E-state index in [2.05, 4.69) is 72.9 Å². The third-order valence-corrected chi connectivity index (χ3v) is 5.14. The molecule has 4 aliphatic rings. The molecule has 1 atom stereocenters. The first kappa shape index (κ1) is 10.9. The maximum atomic E-state index is 6.18. The number of hydrogen-bond donors (Lipinski definition) is 0. The number of ether oxygens (including phenoxy) is 1. The topological polar surface area (TPSA) is 12.5 Å². The Balaban J connectivity index is 1.79. The number of benzene rings is 2.